The third-order valence-electron chi connectivity index (χ3n) is 5.89. The van der Waals surface area contributed by atoms with Crippen molar-refractivity contribution in [2.75, 3.05) is 13.2 Å². The Morgan fingerprint density at radius 1 is 1.11 bits per heavy atom. The molecule has 0 saturated carbocycles. The van der Waals surface area contributed by atoms with Gasteiger partial charge in [0.25, 0.3) is 5.24 Å². The molecule has 0 aromatic heterocycles. The van der Waals surface area contributed by atoms with Gasteiger partial charge in [0.05, 0.1) is 17.7 Å². The van der Waals surface area contributed by atoms with Crippen LogP contribution < -0.4 is 20.7 Å². The molecule has 1 heterocycles. The summed E-state index contributed by atoms with van der Waals surface area (Å²) in [6.07, 6.45) is -1.31. The SMILES string of the molecule is CC(C)CC(C(=O)N[C@H](C(=O)NCCOc1ccc(CC2SC(=O)NC2=O)cc1)C(C)(C)C)C(O)C(=O)O. The second-order valence-electron chi connectivity index (χ2n) is 10.7. The number of amides is 4. The van der Waals surface area contributed by atoms with Crippen molar-refractivity contribution in [3.8, 4) is 5.75 Å². The van der Waals surface area contributed by atoms with Crippen LogP contribution in [-0.2, 0) is 25.6 Å². The number of imide groups is 1. The van der Waals surface area contributed by atoms with Crippen molar-refractivity contribution in [3.63, 3.8) is 0 Å². The number of carbonyl (C=O) groups excluding carboxylic acids is 4. The fourth-order valence-corrected chi connectivity index (χ4v) is 4.75. The molecule has 4 amide bonds. The first-order valence-electron chi connectivity index (χ1n) is 12.4. The monoisotopic (exact) mass is 551 g/mol. The van der Waals surface area contributed by atoms with Gasteiger partial charge in [-0.2, -0.15) is 0 Å². The number of aliphatic hydroxyl groups is 1. The van der Waals surface area contributed by atoms with Gasteiger partial charge in [-0.1, -0.05) is 58.5 Å². The Kier molecular flexibility index (Phi) is 11.1. The van der Waals surface area contributed by atoms with Crippen molar-refractivity contribution >= 4 is 40.7 Å². The Bertz CT molecular complexity index is 1020. The summed E-state index contributed by atoms with van der Waals surface area (Å²) in [5, 5.41) is 26.1. The van der Waals surface area contributed by atoms with Gasteiger partial charge in [-0.15, -0.1) is 0 Å². The molecule has 5 N–H and O–H groups in total. The molecule has 210 valence electrons. The van der Waals surface area contributed by atoms with E-state index in [0.29, 0.717) is 12.2 Å². The van der Waals surface area contributed by atoms with E-state index in [1.54, 1.807) is 45.0 Å². The van der Waals surface area contributed by atoms with Gasteiger partial charge in [-0.25, -0.2) is 4.79 Å². The molecule has 1 aromatic carbocycles. The number of carboxylic acid groups (broad SMARTS) is 1. The summed E-state index contributed by atoms with van der Waals surface area (Å²) in [4.78, 5) is 60.1. The highest BCUT2D eigenvalue weighted by Crippen LogP contribution is 2.24. The Balaban J connectivity index is 1.89. The van der Waals surface area contributed by atoms with Crippen molar-refractivity contribution < 1.29 is 38.9 Å². The molecule has 38 heavy (non-hydrogen) atoms. The summed E-state index contributed by atoms with van der Waals surface area (Å²) in [5.74, 6) is -3.63. The summed E-state index contributed by atoms with van der Waals surface area (Å²) in [6, 6.07) is 6.10. The van der Waals surface area contributed by atoms with Crippen LogP contribution in [0.4, 0.5) is 4.79 Å². The van der Waals surface area contributed by atoms with Crippen LogP contribution in [0.1, 0.15) is 46.6 Å². The lowest BCUT2D eigenvalue weighted by Gasteiger charge is -2.32. The molecule has 12 heteroatoms. The van der Waals surface area contributed by atoms with Crippen LogP contribution in [0.25, 0.3) is 0 Å². The molecule has 1 fully saturated rings. The normalized spacial score (nSPS) is 17.9. The maximum Gasteiger partial charge on any atom is 0.333 e. The third kappa shape index (κ3) is 9.32. The van der Waals surface area contributed by atoms with E-state index < -0.39 is 46.5 Å². The van der Waals surface area contributed by atoms with Gasteiger partial charge in [-0.3, -0.25) is 24.5 Å². The molecule has 0 spiro atoms. The van der Waals surface area contributed by atoms with Crippen LogP contribution in [0.3, 0.4) is 0 Å². The van der Waals surface area contributed by atoms with Crippen LogP contribution >= 0.6 is 11.8 Å². The molecule has 1 aliphatic heterocycles. The number of hydrogen-bond donors (Lipinski definition) is 5. The fraction of sp³-hybridized carbons (Fsp3) is 0.577. The zero-order valence-corrected chi connectivity index (χ0v) is 23.1. The quantitative estimate of drug-likeness (QED) is 0.229. The van der Waals surface area contributed by atoms with Crippen LogP contribution in [0.2, 0.25) is 0 Å². The van der Waals surface area contributed by atoms with E-state index in [1.165, 1.54) is 0 Å². The number of thioether (sulfide) groups is 1. The van der Waals surface area contributed by atoms with E-state index in [4.69, 9.17) is 4.74 Å². The van der Waals surface area contributed by atoms with Crippen LogP contribution in [0.15, 0.2) is 24.3 Å². The number of aliphatic carboxylic acids is 1. The van der Waals surface area contributed by atoms with Gasteiger partial charge in [0, 0.05) is 0 Å². The highest BCUT2D eigenvalue weighted by Gasteiger charge is 2.38. The van der Waals surface area contributed by atoms with Gasteiger partial charge in [-0.05, 0) is 41.9 Å². The summed E-state index contributed by atoms with van der Waals surface area (Å²) in [7, 11) is 0. The molecule has 11 nitrogen and oxygen atoms in total. The van der Waals surface area contributed by atoms with Crippen LogP contribution in [0.5, 0.6) is 5.75 Å². The number of carboxylic acids is 1. The average molecular weight is 552 g/mol. The molecule has 0 radical (unpaired) electrons. The lowest BCUT2D eigenvalue weighted by Crippen LogP contribution is -2.56. The first-order valence-corrected chi connectivity index (χ1v) is 13.3. The highest BCUT2D eigenvalue weighted by atomic mass is 32.2. The lowest BCUT2D eigenvalue weighted by atomic mass is 9.84. The molecule has 1 saturated heterocycles. The summed E-state index contributed by atoms with van der Waals surface area (Å²) >= 11 is 0.970. The Morgan fingerprint density at radius 3 is 2.24 bits per heavy atom. The minimum atomic E-state index is -1.88. The van der Waals surface area contributed by atoms with Gasteiger partial charge >= 0.3 is 5.97 Å². The molecule has 1 aromatic rings. The van der Waals surface area contributed by atoms with Gasteiger partial charge in [0.15, 0.2) is 6.10 Å². The Labute approximate surface area is 226 Å². The molecule has 2 rings (SSSR count). The van der Waals surface area contributed by atoms with Crippen LogP contribution in [-0.4, -0.2) is 69.7 Å². The van der Waals surface area contributed by atoms with E-state index >= 15 is 0 Å². The Morgan fingerprint density at radius 2 is 1.74 bits per heavy atom. The van der Waals surface area contributed by atoms with Gasteiger partial charge in [0.1, 0.15) is 18.4 Å². The molecular formula is C26H37N3O8S. The molecule has 4 atom stereocenters. The average Bonchev–Trinajstić information content (AvgIpc) is 3.14. The number of ether oxygens (including phenoxy) is 1. The van der Waals surface area contributed by atoms with Gasteiger partial charge in [0.2, 0.25) is 17.7 Å². The topological polar surface area (TPSA) is 171 Å². The van der Waals surface area contributed by atoms with Crippen molar-refractivity contribution in [2.45, 2.75) is 64.9 Å². The van der Waals surface area contributed by atoms with Crippen molar-refractivity contribution in [2.24, 2.45) is 17.3 Å². The first-order chi connectivity index (χ1) is 17.7. The number of rotatable bonds is 13. The predicted octanol–water partition coefficient (Wildman–Crippen LogP) is 1.71. The standard InChI is InChI=1S/C26H37N3O8S/c1-14(2)12-17(19(30)24(34)35)21(31)28-20(26(3,4)5)23(33)27-10-11-37-16-8-6-15(7-9-16)13-18-22(32)29-25(36)38-18/h6-9,14,17-20,30H,10-13H2,1-5H3,(H,27,33)(H,28,31)(H,34,35)(H,29,32,36)/t17?,18?,19?,20-/m1/s1. The molecule has 0 aliphatic carbocycles. The summed E-state index contributed by atoms with van der Waals surface area (Å²) in [5.41, 5.74) is 0.187. The number of hydrogen-bond acceptors (Lipinski definition) is 8. The summed E-state index contributed by atoms with van der Waals surface area (Å²) < 4.78 is 5.67. The van der Waals surface area contributed by atoms with Crippen LogP contribution in [0, 0.1) is 17.3 Å². The largest absolute Gasteiger partial charge is 0.492 e. The number of aliphatic hydroxyl groups excluding tert-OH is 1. The third-order valence-corrected chi connectivity index (χ3v) is 6.87. The van der Waals surface area contributed by atoms with Crippen molar-refractivity contribution in [1.82, 2.24) is 16.0 Å². The van der Waals surface area contributed by atoms with E-state index in [2.05, 4.69) is 16.0 Å². The smallest absolute Gasteiger partial charge is 0.333 e. The predicted molar refractivity (Wildman–Crippen MR) is 142 cm³/mol. The van der Waals surface area contributed by atoms with Crippen molar-refractivity contribution in [1.29, 1.82) is 0 Å². The zero-order chi connectivity index (χ0) is 28.6. The first kappa shape index (κ1) is 31.1. The van der Waals surface area contributed by atoms with Gasteiger partial charge < -0.3 is 25.6 Å². The summed E-state index contributed by atoms with van der Waals surface area (Å²) in [6.45, 7) is 9.23. The minimum absolute atomic E-state index is 0.0434. The van der Waals surface area contributed by atoms with E-state index in [1.807, 2.05) is 13.8 Å². The highest BCUT2D eigenvalue weighted by molar-refractivity contribution is 8.15. The van der Waals surface area contributed by atoms with E-state index in [9.17, 15) is 34.2 Å². The second-order valence-corrected chi connectivity index (χ2v) is 11.9. The fourth-order valence-electron chi connectivity index (χ4n) is 3.89. The molecular weight excluding hydrogens is 514 g/mol. The lowest BCUT2D eigenvalue weighted by molar-refractivity contribution is -0.154. The van der Waals surface area contributed by atoms with E-state index in [-0.39, 0.29) is 36.6 Å². The van der Waals surface area contributed by atoms with Crippen molar-refractivity contribution in [3.05, 3.63) is 29.8 Å². The number of nitrogens with one attached hydrogen (secondary N) is 3. The van der Waals surface area contributed by atoms with E-state index in [0.717, 1.165) is 17.3 Å². The maximum atomic E-state index is 12.9. The second kappa shape index (κ2) is 13.6. The number of benzene rings is 1. The maximum absolute atomic E-state index is 12.9. The Hall–Kier alpha value is -3.12. The molecule has 3 unspecified atom stereocenters. The molecule has 1 aliphatic rings. The number of carbonyl (C=O) groups is 5. The zero-order valence-electron chi connectivity index (χ0n) is 22.3. The minimum Gasteiger partial charge on any atom is -0.492 e. The molecule has 0 bridgehead atoms.